The van der Waals surface area contributed by atoms with Gasteiger partial charge in [-0.2, -0.15) is 0 Å². The van der Waals surface area contributed by atoms with Gasteiger partial charge in [0.15, 0.2) is 0 Å². The average molecular weight is 433 g/mol. The van der Waals surface area contributed by atoms with Crippen LogP contribution in [0.5, 0.6) is 0 Å². The van der Waals surface area contributed by atoms with Crippen molar-refractivity contribution >= 4 is 28.3 Å². The van der Waals surface area contributed by atoms with E-state index in [-0.39, 0.29) is 5.91 Å². The normalized spacial score (nSPS) is 17.0. The third-order valence-electron chi connectivity index (χ3n) is 6.27. The van der Waals surface area contributed by atoms with E-state index in [0.717, 1.165) is 51.9 Å². The molecule has 0 bridgehead atoms. The first-order valence-corrected chi connectivity index (χ1v) is 11.1. The Morgan fingerprint density at radius 1 is 0.969 bits per heavy atom. The number of morpholine rings is 2. The molecule has 2 aliphatic heterocycles. The predicted octanol–water partition coefficient (Wildman–Crippen LogP) is 3.10. The van der Waals surface area contributed by atoms with Gasteiger partial charge in [-0.15, -0.1) is 0 Å². The van der Waals surface area contributed by atoms with Crippen molar-refractivity contribution in [3.63, 3.8) is 0 Å². The Labute approximate surface area is 187 Å². The molecule has 0 atom stereocenters. The van der Waals surface area contributed by atoms with Crippen LogP contribution in [0.1, 0.15) is 15.9 Å². The number of carbonyl (C=O) groups is 1. The first-order valence-electron chi connectivity index (χ1n) is 11.1. The Morgan fingerprint density at radius 2 is 1.69 bits per heavy atom. The van der Waals surface area contributed by atoms with Crippen LogP contribution >= 0.6 is 0 Å². The van der Waals surface area contributed by atoms with Crippen LogP contribution in [0.2, 0.25) is 0 Å². The smallest absolute Gasteiger partial charge is 0.254 e. The van der Waals surface area contributed by atoms with Crippen LogP contribution in [-0.2, 0) is 9.47 Å². The maximum atomic E-state index is 13.3. The molecule has 166 valence electrons. The zero-order valence-electron chi connectivity index (χ0n) is 18.3. The summed E-state index contributed by atoms with van der Waals surface area (Å²) in [5.74, 6) is 0.586. The van der Waals surface area contributed by atoms with Crippen LogP contribution < -0.4 is 10.6 Å². The lowest BCUT2D eigenvalue weighted by Gasteiger charge is -2.29. The summed E-state index contributed by atoms with van der Waals surface area (Å²) in [7, 11) is 0. The second kappa shape index (κ2) is 8.76. The van der Waals surface area contributed by atoms with Gasteiger partial charge in [-0.25, -0.2) is 4.98 Å². The van der Waals surface area contributed by atoms with Crippen LogP contribution in [0.15, 0.2) is 42.5 Å². The lowest BCUT2D eigenvalue weighted by atomic mass is 9.93. The lowest BCUT2D eigenvalue weighted by Crippen LogP contribution is -2.40. The molecule has 1 amide bonds. The number of aryl methyl sites for hydroxylation is 1. The third kappa shape index (κ3) is 3.89. The number of hydrogen-bond donors (Lipinski definition) is 1. The molecule has 0 aliphatic carbocycles. The maximum Gasteiger partial charge on any atom is 0.254 e. The number of amides is 1. The van der Waals surface area contributed by atoms with Gasteiger partial charge in [0.05, 0.1) is 37.6 Å². The SMILES string of the molecule is Cc1cccc(C(=O)N2CCOCC2)c1-c1ccc2nc(N)c(N3CCOCC3)cc2c1. The molecule has 2 fully saturated rings. The molecule has 2 aliphatic rings. The van der Waals surface area contributed by atoms with Crippen molar-refractivity contribution in [3.8, 4) is 11.1 Å². The van der Waals surface area contributed by atoms with Crippen LogP contribution in [0.4, 0.5) is 11.5 Å². The number of aromatic nitrogens is 1. The van der Waals surface area contributed by atoms with Gasteiger partial charge in [-0.1, -0.05) is 18.2 Å². The van der Waals surface area contributed by atoms with E-state index in [9.17, 15) is 4.79 Å². The molecule has 7 heteroatoms. The van der Waals surface area contributed by atoms with Crippen molar-refractivity contribution in [3.05, 3.63) is 53.6 Å². The minimum atomic E-state index is 0.0523. The number of pyridine rings is 1. The zero-order valence-corrected chi connectivity index (χ0v) is 18.3. The number of nitrogens with zero attached hydrogens (tertiary/aromatic N) is 3. The highest BCUT2D eigenvalue weighted by Crippen LogP contribution is 2.33. The fraction of sp³-hybridized carbons (Fsp3) is 0.360. The summed E-state index contributed by atoms with van der Waals surface area (Å²) >= 11 is 0. The molecule has 7 nitrogen and oxygen atoms in total. The molecule has 0 spiro atoms. The van der Waals surface area contributed by atoms with Crippen molar-refractivity contribution in [2.24, 2.45) is 0 Å². The summed E-state index contributed by atoms with van der Waals surface area (Å²) in [4.78, 5) is 22.1. The number of nitrogen functional groups attached to an aromatic ring is 1. The summed E-state index contributed by atoms with van der Waals surface area (Å²) in [6.45, 7) is 7.43. The number of benzene rings is 2. The highest BCUT2D eigenvalue weighted by molar-refractivity contribution is 6.03. The Balaban J connectivity index is 1.57. The zero-order chi connectivity index (χ0) is 22.1. The largest absolute Gasteiger partial charge is 0.382 e. The summed E-state index contributed by atoms with van der Waals surface area (Å²) in [6.07, 6.45) is 0. The number of nitrogens with two attached hydrogens (primary N) is 1. The van der Waals surface area contributed by atoms with Gasteiger partial charge in [0.1, 0.15) is 5.82 Å². The molecule has 0 saturated carbocycles. The number of ether oxygens (including phenoxy) is 2. The van der Waals surface area contributed by atoms with Gasteiger partial charge in [-0.05, 0) is 47.9 Å². The molecule has 2 aromatic carbocycles. The monoisotopic (exact) mass is 432 g/mol. The van der Waals surface area contributed by atoms with Gasteiger partial charge in [0.2, 0.25) is 0 Å². The van der Waals surface area contributed by atoms with Crippen molar-refractivity contribution < 1.29 is 14.3 Å². The van der Waals surface area contributed by atoms with E-state index in [0.29, 0.717) is 45.3 Å². The number of carbonyl (C=O) groups excluding carboxylic acids is 1. The van der Waals surface area contributed by atoms with Crippen LogP contribution in [0.25, 0.3) is 22.0 Å². The highest BCUT2D eigenvalue weighted by atomic mass is 16.5. The van der Waals surface area contributed by atoms with E-state index in [1.54, 1.807) is 0 Å². The lowest BCUT2D eigenvalue weighted by molar-refractivity contribution is 0.0303. The Kier molecular flexibility index (Phi) is 5.68. The van der Waals surface area contributed by atoms with Crippen molar-refractivity contribution in [1.82, 2.24) is 9.88 Å². The Morgan fingerprint density at radius 3 is 2.44 bits per heavy atom. The van der Waals surface area contributed by atoms with Gasteiger partial charge >= 0.3 is 0 Å². The average Bonchev–Trinajstić information content (AvgIpc) is 2.84. The molecule has 2 saturated heterocycles. The van der Waals surface area contributed by atoms with Crippen molar-refractivity contribution in [1.29, 1.82) is 0 Å². The maximum absolute atomic E-state index is 13.3. The minimum Gasteiger partial charge on any atom is -0.382 e. The predicted molar refractivity (Wildman–Crippen MR) is 126 cm³/mol. The van der Waals surface area contributed by atoms with Crippen LogP contribution in [-0.4, -0.2) is 68.4 Å². The van der Waals surface area contributed by atoms with Crippen LogP contribution in [0.3, 0.4) is 0 Å². The molecule has 32 heavy (non-hydrogen) atoms. The number of rotatable bonds is 3. The molecule has 5 rings (SSSR count). The third-order valence-corrected chi connectivity index (χ3v) is 6.27. The van der Waals surface area contributed by atoms with E-state index in [1.807, 2.05) is 29.2 Å². The molecule has 2 N–H and O–H groups in total. The summed E-state index contributed by atoms with van der Waals surface area (Å²) in [5, 5.41) is 1.01. The summed E-state index contributed by atoms with van der Waals surface area (Å²) < 4.78 is 10.9. The fourth-order valence-electron chi connectivity index (χ4n) is 4.56. The molecule has 3 heterocycles. The summed E-state index contributed by atoms with van der Waals surface area (Å²) in [5.41, 5.74) is 11.8. The van der Waals surface area contributed by atoms with Crippen LogP contribution in [0, 0.1) is 6.92 Å². The second-order valence-corrected chi connectivity index (χ2v) is 8.30. The van der Waals surface area contributed by atoms with Gasteiger partial charge < -0.3 is 25.0 Å². The molecule has 0 radical (unpaired) electrons. The standard InChI is InChI=1S/C25H28N4O3/c1-17-3-2-4-20(25(30)29-9-13-32-14-10-29)23(17)18-5-6-21-19(15-18)16-22(24(26)27-21)28-7-11-31-12-8-28/h2-6,15-16H,7-14H2,1H3,(H2,26,27). The number of hydrogen-bond acceptors (Lipinski definition) is 6. The first kappa shape index (κ1) is 20.7. The molecular formula is C25H28N4O3. The fourth-order valence-corrected chi connectivity index (χ4v) is 4.56. The Hall–Kier alpha value is -3.16. The molecule has 1 aromatic heterocycles. The van der Waals surface area contributed by atoms with E-state index in [2.05, 4.69) is 35.0 Å². The van der Waals surface area contributed by atoms with E-state index in [1.165, 1.54) is 0 Å². The second-order valence-electron chi connectivity index (χ2n) is 8.30. The Bertz CT molecular complexity index is 1150. The van der Waals surface area contributed by atoms with Gasteiger partial charge in [0, 0.05) is 37.1 Å². The van der Waals surface area contributed by atoms with Gasteiger partial charge in [-0.3, -0.25) is 4.79 Å². The molecule has 0 unspecified atom stereocenters. The molecule has 3 aromatic rings. The summed E-state index contributed by atoms with van der Waals surface area (Å²) in [6, 6.07) is 14.2. The van der Waals surface area contributed by atoms with Crippen molar-refractivity contribution in [2.45, 2.75) is 6.92 Å². The van der Waals surface area contributed by atoms with Crippen molar-refractivity contribution in [2.75, 3.05) is 63.2 Å². The topological polar surface area (TPSA) is 80.9 Å². The van der Waals surface area contributed by atoms with E-state index < -0.39 is 0 Å². The first-order chi connectivity index (χ1) is 15.6. The molecular weight excluding hydrogens is 404 g/mol. The minimum absolute atomic E-state index is 0.0523. The highest BCUT2D eigenvalue weighted by Gasteiger charge is 2.23. The van der Waals surface area contributed by atoms with Gasteiger partial charge in [0.25, 0.3) is 5.91 Å². The number of fused-ring (bicyclic) bond motifs is 1. The quantitative estimate of drug-likeness (QED) is 0.685. The van der Waals surface area contributed by atoms with E-state index in [4.69, 9.17) is 15.2 Å². The number of anilines is 2. The van der Waals surface area contributed by atoms with E-state index >= 15 is 0 Å².